The Morgan fingerprint density at radius 2 is 2.14 bits per heavy atom. The zero-order valence-electron chi connectivity index (χ0n) is 15.3. The van der Waals surface area contributed by atoms with Gasteiger partial charge in [-0.2, -0.15) is 0 Å². The molecule has 1 aliphatic rings. The molecule has 1 aromatic heterocycles. The summed E-state index contributed by atoms with van der Waals surface area (Å²) < 4.78 is 19.2. The summed E-state index contributed by atoms with van der Waals surface area (Å²) in [7, 11) is 1.44. The fraction of sp³-hybridized carbons (Fsp3) is 0.250. The van der Waals surface area contributed by atoms with Gasteiger partial charge in [-0.25, -0.2) is 14.4 Å². The summed E-state index contributed by atoms with van der Waals surface area (Å²) in [5, 5.41) is 7.47. The molecule has 28 heavy (non-hydrogen) atoms. The Labute approximate surface area is 161 Å². The number of ether oxygens (including phenoxy) is 1. The van der Waals surface area contributed by atoms with Crippen LogP contribution in [0.2, 0.25) is 0 Å². The number of para-hydroxylation sites is 1. The molecule has 8 heteroatoms. The second-order valence-electron chi connectivity index (χ2n) is 6.70. The molecule has 1 aliphatic heterocycles. The van der Waals surface area contributed by atoms with E-state index in [1.165, 1.54) is 19.5 Å². The number of carbonyl (C=O) groups is 1. The molecule has 1 saturated heterocycles. The number of hydrogen-bond acceptors (Lipinski definition) is 6. The summed E-state index contributed by atoms with van der Waals surface area (Å²) in [4.78, 5) is 20.2. The van der Waals surface area contributed by atoms with E-state index in [9.17, 15) is 9.18 Å². The van der Waals surface area contributed by atoms with Gasteiger partial charge in [0.25, 0.3) is 5.91 Å². The Morgan fingerprint density at radius 3 is 2.89 bits per heavy atom. The topological polar surface area (TPSA) is 102 Å². The van der Waals surface area contributed by atoms with Crippen molar-refractivity contribution in [3.05, 3.63) is 59.7 Å². The molecule has 7 nitrogen and oxygen atoms in total. The van der Waals surface area contributed by atoms with E-state index in [0.29, 0.717) is 35.4 Å². The van der Waals surface area contributed by atoms with Gasteiger partial charge in [-0.05, 0) is 29.8 Å². The number of halogens is 1. The molecule has 0 bridgehead atoms. The smallest absolute Gasteiger partial charge is 0.250 e. The van der Waals surface area contributed by atoms with Gasteiger partial charge in [-0.3, -0.25) is 4.79 Å². The van der Waals surface area contributed by atoms with Crippen molar-refractivity contribution in [2.45, 2.75) is 12.0 Å². The van der Waals surface area contributed by atoms with E-state index in [-0.39, 0.29) is 23.5 Å². The quantitative estimate of drug-likeness (QED) is 0.625. The number of benzene rings is 2. The molecule has 1 amide bonds. The monoisotopic (exact) mass is 381 g/mol. The highest BCUT2D eigenvalue weighted by molar-refractivity contribution is 6.06. The number of fused-ring (bicyclic) bond motifs is 1. The summed E-state index contributed by atoms with van der Waals surface area (Å²) >= 11 is 0. The first-order valence-corrected chi connectivity index (χ1v) is 8.92. The number of amides is 1. The van der Waals surface area contributed by atoms with Crippen LogP contribution in [0.1, 0.15) is 21.8 Å². The van der Waals surface area contributed by atoms with Crippen LogP contribution >= 0.6 is 0 Å². The SMILES string of the molecule is COc1ccc([C@H]2CNC[C@@H]2Nc2ncnc3c(C(N)=O)cccc23)cc1F. The van der Waals surface area contributed by atoms with Gasteiger partial charge in [-0.15, -0.1) is 0 Å². The van der Waals surface area contributed by atoms with E-state index in [2.05, 4.69) is 20.6 Å². The Hall–Kier alpha value is -3.26. The average molecular weight is 381 g/mol. The molecule has 0 saturated carbocycles. The van der Waals surface area contributed by atoms with Crippen LogP contribution in [0.4, 0.5) is 10.2 Å². The third-order valence-electron chi connectivity index (χ3n) is 5.07. The van der Waals surface area contributed by atoms with Gasteiger partial charge < -0.3 is 21.1 Å². The van der Waals surface area contributed by atoms with Gasteiger partial charge in [0.15, 0.2) is 11.6 Å². The molecule has 4 N–H and O–H groups in total. The number of methoxy groups -OCH3 is 1. The first-order valence-electron chi connectivity index (χ1n) is 8.92. The van der Waals surface area contributed by atoms with Crippen LogP contribution in [0, 0.1) is 5.82 Å². The predicted molar refractivity (Wildman–Crippen MR) is 104 cm³/mol. The number of nitrogens with one attached hydrogen (secondary N) is 2. The first kappa shape index (κ1) is 18.1. The van der Waals surface area contributed by atoms with E-state index >= 15 is 0 Å². The highest BCUT2D eigenvalue weighted by Crippen LogP contribution is 2.30. The number of primary amides is 1. The molecule has 0 spiro atoms. The highest BCUT2D eigenvalue weighted by atomic mass is 19.1. The van der Waals surface area contributed by atoms with Crippen molar-refractivity contribution in [2.24, 2.45) is 5.73 Å². The third-order valence-corrected chi connectivity index (χ3v) is 5.07. The maximum absolute atomic E-state index is 14.2. The van der Waals surface area contributed by atoms with E-state index in [1.54, 1.807) is 18.2 Å². The van der Waals surface area contributed by atoms with Crippen LogP contribution in [-0.4, -0.2) is 42.1 Å². The number of nitrogens with zero attached hydrogens (tertiary/aromatic N) is 2. The van der Waals surface area contributed by atoms with Crippen molar-refractivity contribution in [1.82, 2.24) is 15.3 Å². The molecule has 2 heterocycles. The predicted octanol–water partition coefficient (Wildman–Crippen LogP) is 2.04. The fourth-order valence-corrected chi connectivity index (χ4v) is 3.67. The van der Waals surface area contributed by atoms with Crippen LogP contribution in [-0.2, 0) is 0 Å². The minimum atomic E-state index is -0.538. The Morgan fingerprint density at radius 1 is 1.29 bits per heavy atom. The maximum atomic E-state index is 14.2. The average Bonchev–Trinajstić information content (AvgIpc) is 3.15. The van der Waals surface area contributed by atoms with Gasteiger partial charge >= 0.3 is 0 Å². The number of rotatable bonds is 5. The van der Waals surface area contributed by atoms with Crippen LogP contribution in [0.25, 0.3) is 10.9 Å². The van der Waals surface area contributed by atoms with Crippen molar-refractivity contribution >= 4 is 22.6 Å². The summed E-state index contributed by atoms with van der Waals surface area (Å²) in [5.74, 6) is -0.0425. The van der Waals surface area contributed by atoms with Crippen LogP contribution < -0.4 is 21.1 Å². The van der Waals surface area contributed by atoms with Gasteiger partial charge in [0.2, 0.25) is 0 Å². The number of hydrogen-bond donors (Lipinski definition) is 3. The van der Waals surface area contributed by atoms with Crippen LogP contribution in [0.3, 0.4) is 0 Å². The van der Waals surface area contributed by atoms with Gasteiger partial charge in [0.1, 0.15) is 12.1 Å². The lowest BCUT2D eigenvalue weighted by Crippen LogP contribution is -2.28. The maximum Gasteiger partial charge on any atom is 0.250 e. The zero-order valence-corrected chi connectivity index (χ0v) is 15.3. The molecule has 0 unspecified atom stereocenters. The molecule has 4 rings (SSSR count). The summed E-state index contributed by atoms with van der Waals surface area (Å²) in [6.45, 7) is 1.40. The lowest BCUT2D eigenvalue weighted by atomic mass is 9.94. The normalized spacial score (nSPS) is 18.9. The second kappa shape index (κ2) is 7.40. The molecular formula is C20H20FN5O2. The summed E-state index contributed by atoms with van der Waals surface area (Å²) in [6.07, 6.45) is 1.40. The summed E-state index contributed by atoms with van der Waals surface area (Å²) in [5.41, 5.74) is 7.18. The largest absolute Gasteiger partial charge is 0.494 e. The first-order chi connectivity index (χ1) is 13.6. The van der Waals surface area contributed by atoms with E-state index in [4.69, 9.17) is 10.5 Å². The highest BCUT2D eigenvalue weighted by Gasteiger charge is 2.30. The molecule has 2 aromatic carbocycles. The fourth-order valence-electron chi connectivity index (χ4n) is 3.67. The van der Waals surface area contributed by atoms with Crippen molar-refractivity contribution in [1.29, 1.82) is 0 Å². The van der Waals surface area contributed by atoms with Crippen LogP contribution in [0.15, 0.2) is 42.7 Å². The molecule has 1 fully saturated rings. The van der Waals surface area contributed by atoms with Crippen molar-refractivity contribution in [3.63, 3.8) is 0 Å². The Bertz CT molecular complexity index is 1040. The van der Waals surface area contributed by atoms with Crippen LogP contribution in [0.5, 0.6) is 5.75 Å². The number of carbonyl (C=O) groups excluding carboxylic acids is 1. The Kier molecular flexibility index (Phi) is 4.79. The number of aromatic nitrogens is 2. The van der Waals surface area contributed by atoms with Gasteiger partial charge in [0.05, 0.1) is 18.2 Å². The van der Waals surface area contributed by atoms with E-state index in [1.807, 2.05) is 12.1 Å². The lowest BCUT2D eigenvalue weighted by Gasteiger charge is -2.22. The number of nitrogens with two attached hydrogens (primary N) is 1. The van der Waals surface area contributed by atoms with E-state index in [0.717, 1.165) is 5.56 Å². The third kappa shape index (κ3) is 3.22. The zero-order chi connectivity index (χ0) is 19.7. The second-order valence-corrected chi connectivity index (χ2v) is 6.70. The summed E-state index contributed by atoms with van der Waals surface area (Å²) in [6, 6.07) is 10.2. The molecule has 0 aliphatic carbocycles. The van der Waals surface area contributed by atoms with Crippen molar-refractivity contribution < 1.29 is 13.9 Å². The minimum absolute atomic E-state index is 0.0110. The van der Waals surface area contributed by atoms with Crippen molar-refractivity contribution in [3.8, 4) is 5.75 Å². The number of anilines is 1. The van der Waals surface area contributed by atoms with E-state index < -0.39 is 5.91 Å². The molecule has 144 valence electrons. The standard InChI is InChI=1S/C20H20FN5O2/c1-28-17-6-5-11(7-15(17)21)14-8-23-9-16(14)26-20-13-4-2-3-12(19(22)27)18(13)24-10-25-20/h2-7,10,14,16,23H,8-9H2,1H3,(H2,22,27)(H,24,25,26)/t14-,16+/m1/s1. The minimum Gasteiger partial charge on any atom is -0.494 e. The molecule has 2 atom stereocenters. The van der Waals surface area contributed by atoms with Gasteiger partial charge in [-0.1, -0.05) is 12.1 Å². The molecular weight excluding hydrogens is 361 g/mol. The molecule has 0 radical (unpaired) electrons. The Balaban J connectivity index is 1.66. The van der Waals surface area contributed by atoms with Gasteiger partial charge in [0, 0.05) is 30.4 Å². The molecule has 3 aromatic rings. The lowest BCUT2D eigenvalue weighted by molar-refractivity contribution is 0.100. The van der Waals surface area contributed by atoms with Crippen molar-refractivity contribution in [2.75, 3.05) is 25.5 Å².